The second-order valence-electron chi connectivity index (χ2n) is 28.0. The summed E-state index contributed by atoms with van der Waals surface area (Å²) in [4.78, 5) is 39.3. The number of halogens is 4. The Morgan fingerprint density at radius 2 is 0.737 bits per heavy atom. The maximum absolute atomic E-state index is 11.2. The van der Waals surface area contributed by atoms with Gasteiger partial charge in [-0.2, -0.15) is 0 Å². The van der Waals surface area contributed by atoms with Crippen LogP contribution in [0, 0.1) is 30.1 Å². The molecule has 3 saturated heterocycles. The number of pyridine rings is 3. The molecule has 28 heteroatoms. The summed E-state index contributed by atoms with van der Waals surface area (Å²) in [6, 6.07) is 29.6. The predicted octanol–water partition coefficient (Wildman–Crippen LogP) is 9.41. The molecule has 12 aromatic rings. The van der Waals surface area contributed by atoms with E-state index in [1.165, 1.54) is 6.33 Å². The Kier molecular flexibility index (Phi) is 16.9. The third-order valence-electron chi connectivity index (χ3n) is 22.4. The average Bonchev–Trinajstić information content (AvgIpc) is 1.59. The molecule has 3 aliphatic heterocycles. The van der Waals surface area contributed by atoms with Crippen LogP contribution < -0.4 is 33.2 Å². The summed E-state index contributed by atoms with van der Waals surface area (Å²) in [7, 11) is 0. The van der Waals surface area contributed by atoms with Crippen LogP contribution in [0.1, 0.15) is 103 Å². The van der Waals surface area contributed by atoms with Crippen molar-refractivity contribution < 1.29 is 30.6 Å². The number of aliphatic hydroxyl groups excluding tert-OH is 6. The van der Waals surface area contributed by atoms with Crippen molar-refractivity contribution in [1.82, 2.24) is 74.5 Å². The van der Waals surface area contributed by atoms with Crippen molar-refractivity contribution in [2.45, 2.75) is 125 Å². The zero-order valence-corrected chi connectivity index (χ0v) is 59.2. The molecule has 0 bridgehead atoms. The number of nitrogens with one attached hydrogen (secondary N) is 3. The number of fused-ring (bicyclic) bond motifs is 6. The van der Waals surface area contributed by atoms with Gasteiger partial charge in [0.1, 0.15) is 76.8 Å². The zero-order valence-electron chi connectivity index (χ0n) is 53.7. The van der Waals surface area contributed by atoms with Crippen LogP contribution in [0.3, 0.4) is 0 Å². The van der Waals surface area contributed by atoms with E-state index in [-0.39, 0.29) is 36.3 Å². The molecule has 3 aliphatic carbocycles. The van der Waals surface area contributed by atoms with Crippen molar-refractivity contribution in [2.24, 2.45) is 16.2 Å². The molecule has 510 valence electrons. The van der Waals surface area contributed by atoms with E-state index in [2.05, 4.69) is 139 Å². The van der Waals surface area contributed by atoms with Crippen LogP contribution in [-0.2, 0) is 0 Å². The number of rotatable bonds is 6. The lowest BCUT2D eigenvalue weighted by Crippen LogP contribution is -2.38. The Hall–Kier alpha value is -7.48. The lowest BCUT2D eigenvalue weighted by Gasteiger charge is -2.27. The van der Waals surface area contributed by atoms with Crippen molar-refractivity contribution in [2.75, 3.05) is 36.8 Å². The van der Waals surface area contributed by atoms with Gasteiger partial charge in [-0.3, -0.25) is 0 Å². The van der Waals surface area contributed by atoms with Crippen molar-refractivity contribution in [1.29, 1.82) is 0 Å². The molecule has 3 spiro atoms. The molecule has 0 unspecified atom stereocenters. The molecule has 3 aromatic carbocycles. The number of aliphatic hydroxyl groups is 6. The van der Waals surface area contributed by atoms with E-state index in [1.807, 2.05) is 107 Å². The number of anilines is 3. The molecule has 9 aromatic heterocycles. The van der Waals surface area contributed by atoms with E-state index in [0.717, 1.165) is 114 Å². The fourth-order valence-corrected chi connectivity index (χ4v) is 18.3. The Morgan fingerprint density at radius 3 is 1.08 bits per heavy atom. The topological polar surface area (TPSA) is 366 Å². The van der Waals surface area contributed by atoms with E-state index in [9.17, 15) is 30.6 Å². The van der Waals surface area contributed by atoms with Gasteiger partial charge in [0, 0.05) is 99.5 Å². The van der Waals surface area contributed by atoms with Crippen LogP contribution >= 0.6 is 59.4 Å². The number of hydrogen-bond donors (Lipinski definition) is 12. The maximum Gasteiger partial charge on any atom is 0.145 e. The summed E-state index contributed by atoms with van der Waals surface area (Å²) in [6.45, 7) is 5.77. The normalized spacial score (nSPS) is 29.6. The lowest BCUT2D eigenvalue weighted by atomic mass is 9.80. The molecule has 99 heavy (non-hydrogen) atoms. The van der Waals surface area contributed by atoms with Gasteiger partial charge in [0.25, 0.3) is 0 Å². The minimum atomic E-state index is -0.912. The summed E-state index contributed by atoms with van der Waals surface area (Å²) in [5, 5.41) is 83.5. The summed E-state index contributed by atoms with van der Waals surface area (Å²) >= 11 is 16.5. The molecular weight excluding hydrogens is 1480 g/mol. The molecule has 15 atom stereocenters. The smallest absolute Gasteiger partial charge is 0.145 e. The van der Waals surface area contributed by atoms with Crippen LogP contribution in [0.25, 0.3) is 65.8 Å². The fraction of sp³-hybridized carbons (Fsp3) is 0.366. The average molecular weight is 1550 g/mol. The molecular formula is C71H72Br3ClN18O6. The molecule has 6 fully saturated rings. The molecule has 0 amide bonds. The number of nitrogens with zero attached hydrogens (tertiary/aromatic N) is 12. The first kappa shape index (κ1) is 66.1. The largest absolute Gasteiger partial charge is 0.390 e. The summed E-state index contributed by atoms with van der Waals surface area (Å²) in [6.07, 6.45) is 9.22. The number of hydrogen-bond acceptors (Lipinski definition) is 21. The van der Waals surface area contributed by atoms with Crippen molar-refractivity contribution >= 4 is 143 Å². The summed E-state index contributed by atoms with van der Waals surface area (Å²) in [5.41, 5.74) is 26.5. The highest BCUT2D eigenvalue weighted by atomic mass is 79.9. The highest BCUT2D eigenvalue weighted by molar-refractivity contribution is 9.11. The fourth-order valence-electron chi connectivity index (χ4n) is 17.1. The quantitative estimate of drug-likeness (QED) is 0.0689. The van der Waals surface area contributed by atoms with Gasteiger partial charge in [-0.05, 0) is 171 Å². The first-order valence-electron chi connectivity index (χ1n) is 33.0. The molecule has 6 aliphatic rings. The monoisotopic (exact) mass is 1540 g/mol. The SMILES string of the molecule is Cc1ncnc2c1ccn2[C@@H]1C[C@@]2(CN[C@@H](c3ccc4cc(Br)c(N)nc4c3)C2)[C@@H](O)[C@H]1O.Cc1ncnc2c1ccn2[C@@H]1C[C@@]2(CN[C@H](c3ccc4cc(Br)c(N)nc4c3)C2)[C@@H](O)[C@H]1O.Nc1nc2cc([C@H]3C[C@@]4(CN3)C[C@@H](n3ccc5c(Cl)ncnc53)[C@H](O)[C@@H]4O)ccc2cc1Br. The molecule has 15 N–H and O–H groups in total. The van der Waals surface area contributed by atoms with Gasteiger partial charge < -0.3 is 77.5 Å². The number of nitrogen functional groups attached to an aromatic ring is 3. The zero-order chi connectivity index (χ0) is 68.7. The van der Waals surface area contributed by atoms with Crippen molar-refractivity contribution in [3.63, 3.8) is 0 Å². The summed E-state index contributed by atoms with van der Waals surface area (Å²) < 4.78 is 8.26. The Balaban J connectivity index is 0.000000116. The van der Waals surface area contributed by atoms with E-state index in [1.54, 1.807) is 12.7 Å². The van der Waals surface area contributed by atoms with Crippen LogP contribution in [0.2, 0.25) is 5.15 Å². The second kappa shape index (κ2) is 25.2. The molecule has 18 rings (SSSR count). The van der Waals surface area contributed by atoms with Gasteiger partial charge in [-0.15, -0.1) is 0 Å². The van der Waals surface area contributed by atoms with E-state index in [0.29, 0.717) is 73.6 Å². The van der Waals surface area contributed by atoms with Gasteiger partial charge in [0.2, 0.25) is 0 Å². The highest BCUT2D eigenvalue weighted by Gasteiger charge is 2.59. The number of nitrogens with two attached hydrogens (primary N) is 3. The van der Waals surface area contributed by atoms with Crippen molar-refractivity contribution in [3.8, 4) is 0 Å². The second-order valence-corrected chi connectivity index (χ2v) is 30.9. The maximum atomic E-state index is 11.2. The minimum absolute atomic E-state index is 0.0415. The number of benzene rings is 3. The third kappa shape index (κ3) is 11.3. The molecule has 24 nitrogen and oxygen atoms in total. The number of aryl methyl sites for hydroxylation is 2. The summed E-state index contributed by atoms with van der Waals surface area (Å²) in [5.74, 6) is 1.38. The van der Waals surface area contributed by atoms with Crippen LogP contribution in [-0.4, -0.2) is 145 Å². The van der Waals surface area contributed by atoms with Gasteiger partial charge >= 0.3 is 0 Å². The first-order chi connectivity index (χ1) is 47.6. The Labute approximate surface area is 597 Å². The first-order valence-corrected chi connectivity index (χ1v) is 35.7. The highest BCUT2D eigenvalue weighted by Crippen LogP contribution is 2.56. The van der Waals surface area contributed by atoms with E-state index in [4.69, 9.17) is 28.8 Å². The van der Waals surface area contributed by atoms with Crippen LogP contribution in [0.4, 0.5) is 17.5 Å². The standard InChI is InChI=1S/2C24H25BrN6O2.C23H22BrClN6O2/c2*1-12-15-4-5-31(23(15)29-11-28-12)19-9-24(21(33)20(19)32)8-18(27-10-24)14-3-2-13-6-16(25)22(26)30-17(13)7-14;24-14-5-11-1-2-12(6-15(11)30-21(14)26)16-7-23(9-27-16)8-17(18(32)19(23)33)31-4-3-13-20(25)28-10-29-22(13)31/h2*2-7,11,18-21,27,32-33H,8-10H2,1H3,(H2,26,30);1-6,10,16-19,27,32-33H,7-9H2,(H2,26,30)/t18-,19+,20-,21-,24-;18-,19-,20+,21+,24+;16-,17-,18+,19+,23+/m011/s1. The van der Waals surface area contributed by atoms with Gasteiger partial charge in [0.05, 0.1) is 83.2 Å². The molecule has 3 saturated carbocycles. The van der Waals surface area contributed by atoms with E-state index < -0.39 is 52.9 Å². The van der Waals surface area contributed by atoms with Crippen LogP contribution in [0.15, 0.2) is 142 Å². The minimum Gasteiger partial charge on any atom is -0.390 e. The van der Waals surface area contributed by atoms with Gasteiger partial charge in [0.15, 0.2) is 0 Å². The molecule has 12 heterocycles. The Bertz CT molecular complexity index is 4680. The number of aromatic nitrogens is 12. The van der Waals surface area contributed by atoms with Crippen LogP contribution in [0.5, 0.6) is 0 Å². The van der Waals surface area contributed by atoms with Crippen molar-refractivity contribution in [3.05, 3.63) is 175 Å². The third-order valence-corrected chi connectivity index (χ3v) is 24.6. The lowest BCUT2D eigenvalue weighted by molar-refractivity contribution is -0.0218. The van der Waals surface area contributed by atoms with Gasteiger partial charge in [-0.25, -0.2) is 44.9 Å². The van der Waals surface area contributed by atoms with Gasteiger partial charge in [-0.1, -0.05) is 48.0 Å². The Morgan fingerprint density at radius 1 is 0.424 bits per heavy atom. The van der Waals surface area contributed by atoms with E-state index >= 15 is 0 Å². The molecule has 0 radical (unpaired) electrons. The predicted molar refractivity (Wildman–Crippen MR) is 389 cm³/mol.